The van der Waals surface area contributed by atoms with Gasteiger partial charge in [-0.2, -0.15) is 0 Å². The molecule has 0 aliphatic heterocycles. The summed E-state index contributed by atoms with van der Waals surface area (Å²) in [7, 11) is 6.28. The van der Waals surface area contributed by atoms with E-state index in [9.17, 15) is 9.18 Å². The minimum atomic E-state index is -0.287. The second-order valence-electron chi connectivity index (χ2n) is 6.09. The number of urea groups is 1. The molecule has 0 saturated carbocycles. The van der Waals surface area contributed by atoms with E-state index in [1.807, 2.05) is 6.07 Å². The summed E-state index contributed by atoms with van der Waals surface area (Å²) in [6, 6.07) is 8.20. The van der Waals surface area contributed by atoms with Crippen LogP contribution in [0.5, 0.6) is 17.2 Å². The Bertz CT molecular complexity index is 811. The molecule has 0 aromatic heterocycles. The number of methoxy groups -OCH3 is 3. The van der Waals surface area contributed by atoms with Gasteiger partial charge in [0.1, 0.15) is 5.82 Å². The molecule has 0 aliphatic carbocycles. The van der Waals surface area contributed by atoms with Crippen molar-refractivity contribution in [2.24, 2.45) is 0 Å². The van der Waals surface area contributed by atoms with E-state index in [1.165, 1.54) is 25.2 Å². The Morgan fingerprint density at radius 2 is 1.78 bits per heavy atom. The van der Waals surface area contributed by atoms with E-state index < -0.39 is 0 Å². The second kappa shape index (κ2) is 9.12. The number of amides is 2. The molecule has 0 saturated heterocycles. The van der Waals surface area contributed by atoms with Crippen molar-refractivity contribution in [3.05, 3.63) is 52.8 Å². The lowest BCUT2D eigenvalue weighted by atomic mass is 10.1. The molecule has 0 aliphatic rings. The number of carbonyl (C=O) groups is 1. The van der Waals surface area contributed by atoms with Crippen molar-refractivity contribution in [2.45, 2.75) is 20.0 Å². The van der Waals surface area contributed by atoms with E-state index >= 15 is 0 Å². The third kappa shape index (κ3) is 4.81. The molecule has 0 bridgehead atoms. The molecule has 0 spiro atoms. The number of aryl methyl sites for hydroxylation is 1. The number of ether oxygens (including phenoxy) is 3. The van der Waals surface area contributed by atoms with Crippen molar-refractivity contribution >= 4 is 6.03 Å². The molecule has 0 fully saturated rings. The first kappa shape index (κ1) is 20.4. The molecule has 2 rings (SSSR count). The van der Waals surface area contributed by atoms with Gasteiger partial charge in [0.25, 0.3) is 0 Å². The molecular formula is C20H25FN2O4. The summed E-state index contributed by atoms with van der Waals surface area (Å²) < 4.78 is 29.7. The molecule has 0 heterocycles. The van der Waals surface area contributed by atoms with Crippen molar-refractivity contribution in [1.29, 1.82) is 0 Å². The molecule has 0 atom stereocenters. The zero-order valence-corrected chi connectivity index (χ0v) is 16.3. The van der Waals surface area contributed by atoms with E-state index in [1.54, 1.807) is 39.3 Å². The molecular weight excluding hydrogens is 351 g/mol. The fraction of sp³-hybridized carbons (Fsp3) is 0.350. The van der Waals surface area contributed by atoms with Gasteiger partial charge in [0.15, 0.2) is 11.5 Å². The lowest BCUT2D eigenvalue weighted by molar-refractivity contribution is 0.205. The largest absolute Gasteiger partial charge is 0.493 e. The van der Waals surface area contributed by atoms with E-state index in [-0.39, 0.29) is 18.4 Å². The van der Waals surface area contributed by atoms with Crippen molar-refractivity contribution in [3.8, 4) is 17.2 Å². The van der Waals surface area contributed by atoms with Gasteiger partial charge in [0.05, 0.1) is 27.9 Å². The van der Waals surface area contributed by atoms with Crippen LogP contribution in [0.2, 0.25) is 0 Å². The fourth-order valence-electron chi connectivity index (χ4n) is 2.67. The van der Waals surface area contributed by atoms with Gasteiger partial charge in [-0.1, -0.05) is 12.1 Å². The highest BCUT2D eigenvalue weighted by Gasteiger charge is 2.18. The highest BCUT2D eigenvalue weighted by Crippen LogP contribution is 2.40. The van der Waals surface area contributed by atoms with Crippen LogP contribution in [0, 0.1) is 12.7 Å². The topological polar surface area (TPSA) is 60.0 Å². The van der Waals surface area contributed by atoms with Crippen LogP contribution in [0.3, 0.4) is 0 Å². The summed E-state index contributed by atoms with van der Waals surface area (Å²) in [6.07, 6.45) is 0. The van der Waals surface area contributed by atoms with Gasteiger partial charge < -0.3 is 24.4 Å². The molecule has 1 N–H and O–H groups in total. The Hall–Kier alpha value is -2.96. The zero-order valence-electron chi connectivity index (χ0n) is 16.3. The number of hydrogen-bond acceptors (Lipinski definition) is 4. The lowest BCUT2D eigenvalue weighted by Gasteiger charge is -2.21. The molecule has 0 unspecified atom stereocenters. The Labute approximate surface area is 158 Å². The van der Waals surface area contributed by atoms with Crippen molar-refractivity contribution < 1.29 is 23.4 Å². The molecule has 0 radical (unpaired) electrons. The van der Waals surface area contributed by atoms with Crippen LogP contribution in [0.25, 0.3) is 0 Å². The predicted molar refractivity (Wildman–Crippen MR) is 101 cm³/mol. The molecule has 2 aromatic rings. The fourth-order valence-corrected chi connectivity index (χ4v) is 2.67. The number of benzene rings is 2. The Morgan fingerprint density at radius 1 is 1.07 bits per heavy atom. The van der Waals surface area contributed by atoms with Gasteiger partial charge in [-0.3, -0.25) is 0 Å². The summed E-state index contributed by atoms with van der Waals surface area (Å²) in [5, 5.41) is 2.78. The predicted octanol–water partition coefficient (Wildman–Crippen LogP) is 3.50. The number of nitrogens with zero attached hydrogens (tertiary/aromatic N) is 1. The third-order valence-electron chi connectivity index (χ3n) is 4.22. The summed E-state index contributed by atoms with van der Waals surface area (Å²) in [4.78, 5) is 13.9. The van der Waals surface area contributed by atoms with Gasteiger partial charge in [0, 0.05) is 19.2 Å². The van der Waals surface area contributed by atoms with Crippen molar-refractivity contribution in [1.82, 2.24) is 10.2 Å². The van der Waals surface area contributed by atoms with E-state index in [0.29, 0.717) is 34.9 Å². The molecule has 2 aromatic carbocycles. The maximum absolute atomic E-state index is 13.6. The number of rotatable bonds is 7. The van der Waals surface area contributed by atoms with Crippen LogP contribution < -0.4 is 19.5 Å². The van der Waals surface area contributed by atoms with Gasteiger partial charge in [-0.15, -0.1) is 0 Å². The summed E-state index contributed by atoms with van der Waals surface area (Å²) in [5.74, 6) is 1.25. The smallest absolute Gasteiger partial charge is 0.317 e. The Balaban J connectivity index is 2.06. The van der Waals surface area contributed by atoms with Crippen molar-refractivity contribution in [3.63, 3.8) is 0 Å². The van der Waals surface area contributed by atoms with Crippen LogP contribution in [0.15, 0.2) is 30.3 Å². The number of carbonyl (C=O) groups excluding carboxylic acids is 1. The second-order valence-corrected chi connectivity index (χ2v) is 6.09. The minimum Gasteiger partial charge on any atom is -0.493 e. The van der Waals surface area contributed by atoms with Gasteiger partial charge in [-0.05, 0) is 36.2 Å². The van der Waals surface area contributed by atoms with E-state index in [2.05, 4.69) is 5.32 Å². The summed E-state index contributed by atoms with van der Waals surface area (Å²) in [5.41, 5.74) is 2.04. The molecule has 27 heavy (non-hydrogen) atoms. The first-order valence-electron chi connectivity index (χ1n) is 8.43. The maximum Gasteiger partial charge on any atom is 0.317 e. The van der Waals surface area contributed by atoms with Crippen LogP contribution in [0.4, 0.5) is 9.18 Å². The van der Waals surface area contributed by atoms with Gasteiger partial charge in [-0.25, -0.2) is 9.18 Å². The standard InChI is InChI=1S/C20H25FN2O4/c1-13-6-7-14(10-16(13)21)11-22-20(24)23(2)12-15-8-9-17(25-3)19(27-5)18(15)26-4/h6-10H,11-12H2,1-5H3,(H,22,24). The van der Waals surface area contributed by atoms with Crippen LogP contribution in [-0.4, -0.2) is 39.3 Å². The molecule has 2 amide bonds. The average Bonchev–Trinajstić information content (AvgIpc) is 2.67. The zero-order chi connectivity index (χ0) is 20.0. The SMILES string of the molecule is COc1ccc(CN(C)C(=O)NCc2ccc(C)c(F)c2)c(OC)c1OC. The van der Waals surface area contributed by atoms with Crippen LogP contribution in [-0.2, 0) is 13.1 Å². The Morgan fingerprint density at radius 3 is 2.37 bits per heavy atom. The van der Waals surface area contributed by atoms with Crippen LogP contribution >= 0.6 is 0 Å². The number of hydrogen-bond donors (Lipinski definition) is 1. The Kier molecular flexibility index (Phi) is 6.87. The lowest BCUT2D eigenvalue weighted by Crippen LogP contribution is -2.36. The molecule has 146 valence electrons. The number of nitrogens with one attached hydrogen (secondary N) is 1. The summed E-state index contributed by atoms with van der Waals surface area (Å²) >= 11 is 0. The molecule has 7 heteroatoms. The maximum atomic E-state index is 13.6. The van der Waals surface area contributed by atoms with Gasteiger partial charge >= 0.3 is 6.03 Å². The monoisotopic (exact) mass is 376 g/mol. The van der Waals surface area contributed by atoms with E-state index in [0.717, 1.165) is 5.56 Å². The van der Waals surface area contributed by atoms with E-state index in [4.69, 9.17) is 14.2 Å². The third-order valence-corrected chi connectivity index (χ3v) is 4.22. The first-order chi connectivity index (χ1) is 12.9. The quantitative estimate of drug-likeness (QED) is 0.804. The van der Waals surface area contributed by atoms with Gasteiger partial charge in [0.2, 0.25) is 5.75 Å². The number of halogens is 1. The van der Waals surface area contributed by atoms with Crippen LogP contribution in [0.1, 0.15) is 16.7 Å². The highest BCUT2D eigenvalue weighted by molar-refractivity contribution is 5.74. The molecule has 6 nitrogen and oxygen atoms in total. The normalized spacial score (nSPS) is 10.3. The summed E-state index contributed by atoms with van der Waals surface area (Å²) in [6.45, 7) is 2.24. The van der Waals surface area contributed by atoms with Crippen molar-refractivity contribution in [2.75, 3.05) is 28.4 Å². The average molecular weight is 376 g/mol. The highest BCUT2D eigenvalue weighted by atomic mass is 19.1. The first-order valence-corrected chi connectivity index (χ1v) is 8.43. The minimum absolute atomic E-state index is 0.240.